The summed E-state index contributed by atoms with van der Waals surface area (Å²) in [5, 5.41) is 0. The van der Waals surface area contributed by atoms with Crippen molar-refractivity contribution >= 4 is 19.8 Å². The number of phosphoric acid groups is 1. The van der Waals surface area contributed by atoms with E-state index >= 15 is 0 Å². The van der Waals surface area contributed by atoms with Gasteiger partial charge in [-0.1, -0.05) is 144 Å². The number of hydrogen-bond donors (Lipinski definition) is 2. The van der Waals surface area contributed by atoms with Crippen molar-refractivity contribution in [2.45, 2.75) is 174 Å². The minimum Gasteiger partial charge on any atom is -0.462 e. The summed E-state index contributed by atoms with van der Waals surface area (Å²) in [5.41, 5.74) is 0. The van der Waals surface area contributed by atoms with Crippen molar-refractivity contribution in [3.63, 3.8) is 0 Å². The monoisotopic (exact) mass is 775 g/mol. The van der Waals surface area contributed by atoms with Crippen LogP contribution in [-0.4, -0.2) is 41.0 Å². The number of esters is 2. The summed E-state index contributed by atoms with van der Waals surface area (Å²) in [6, 6.07) is 0. The molecule has 0 aliphatic heterocycles. The molecule has 0 aliphatic carbocycles. The SMILES string of the molecule is CCCCC/C=C\C/C=C\C/C=C\C/C=C\CCCCCC(=O)OC[C@H](COP(=O)(O)O)OC(=O)CCCCCC/C=C\C/C=C\C/C=C\CCCCC. The van der Waals surface area contributed by atoms with Gasteiger partial charge in [0, 0.05) is 12.8 Å². The van der Waals surface area contributed by atoms with E-state index < -0.39 is 32.5 Å². The largest absolute Gasteiger partial charge is 0.469 e. The van der Waals surface area contributed by atoms with Crippen molar-refractivity contribution < 1.29 is 37.9 Å². The molecule has 1 atom stereocenters. The second-order valence-electron chi connectivity index (χ2n) is 13.6. The Morgan fingerprint density at radius 1 is 0.481 bits per heavy atom. The van der Waals surface area contributed by atoms with Crippen molar-refractivity contribution in [3.05, 3.63) is 85.1 Å². The number of ether oxygens (including phenoxy) is 2. The number of carbonyl (C=O) groups excluding carboxylic acids is 2. The lowest BCUT2D eigenvalue weighted by Gasteiger charge is -2.18. The molecule has 0 bridgehead atoms. The second-order valence-corrected chi connectivity index (χ2v) is 14.8. The zero-order valence-electron chi connectivity index (χ0n) is 33.8. The van der Waals surface area contributed by atoms with E-state index in [-0.39, 0.29) is 19.4 Å². The standard InChI is InChI=1S/C45H75O8P/c1-3-5-7-9-11-13-15-17-19-21-22-24-25-27-29-31-33-35-37-39-44(46)51-41-43(42-52-54(48,49)50)53-45(47)40-38-36-34-32-30-28-26-23-20-18-16-14-12-10-8-6-4-2/h11-14,17-20,22,24,26-29,43H,3-10,15-16,21,23,25,30-42H2,1-2H3,(H2,48,49,50)/b13-11-,14-12-,19-17-,20-18-,24-22-,28-26-,29-27-/t43-/m1/s1. The number of hydrogen-bond acceptors (Lipinski definition) is 6. The average Bonchev–Trinajstić information content (AvgIpc) is 3.14. The first kappa shape index (κ1) is 51.2. The third-order valence-corrected chi connectivity index (χ3v) is 8.87. The molecule has 0 aromatic carbocycles. The number of carbonyl (C=O) groups is 2. The lowest BCUT2D eigenvalue weighted by molar-refractivity contribution is -0.161. The predicted octanol–water partition coefficient (Wildman–Crippen LogP) is 12.8. The van der Waals surface area contributed by atoms with Crippen LogP contribution in [0.5, 0.6) is 0 Å². The van der Waals surface area contributed by atoms with E-state index in [0.29, 0.717) is 12.8 Å². The second kappa shape index (κ2) is 39.9. The highest BCUT2D eigenvalue weighted by Crippen LogP contribution is 2.36. The highest BCUT2D eigenvalue weighted by atomic mass is 31.2. The van der Waals surface area contributed by atoms with Gasteiger partial charge < -0.3 is 19.3 Å². The molecular formula is C45H75O8P. The van der Waals surface area contributed by atoms with Crippen LogP contribution >= 0.6 is 7.82 Å². The van der Waals surface area contributed by atoms with Crippen LogP contribution in [0.2, 0.25) is 0 Å². The summed E-state index contributed by atoms with van der Waals surface area (Å²) in [6.07, 6.45) is 53.0. The molecule has 0 radical (unpaired) electrons. The molecule has 0 spiro atoms. The van der Waals surface area contributed by atoms with E-state index in [1.807, 2.05) is 0 Å². The molecule has 54 heavy (non-hydrogen) atoms. The molecule has 0 aromatic heterocycles. The Balaban J connectivity index is 4.06. The molecule has 0 saturated carbocycles. The summed E-state index contributed by atoms with van der Waals surface area (Å²) >= 11 is 0. The fourth-order valence-electron chi connectivity index (χ4n) is 5.24. The molecule has 0 aliphatic rings. The highest BCUT2D eigenvalue weighted by molar-refractivity contribution is 7.46. The highest BCUT2D eigenvalue weighted by Gasteiger charge is 2.22. The van der Waals surface area contributed by atoms with Crippen LogP contribution in [0.1, 0.15) is 168 Å². The molecule has 308 valence electrons. The molecule has 0 aromatic rings. The first-order valence-electron chi connectivity index (χ1n) is 20.9. The van der Waals surface area contributed by atoms with E-state index in [4.69, 9.17) is 19.3 Å². The summed E-state index contributed by atoms with van der Waals surface area (Å²) in [7, 11) is -4.77. The minimum atomic E-state index is -4.77. The van der Waals surface area contributed by atoms with E-state index in [1.165, 1.54) is 51.4 Å². The molecular weight excluding hydrogens is 699 g/mol. The van der Waals surface area contributed by atoms with Crippen LogP contribution in [0.3, 0.4) is 0 Å². The Labute approximate surface area is 329 Å². The van der Waals surface area contributed by atoms with Crippen molar-refractivity contribution in [2.75, 3.05) is 13.2 Å². The van der Waals surface area contributed by atoms with Crippen LogP contribution in [-0.2, 0) is 28.2 Å². The molecule has 8 nitrogen and oxygen atoms in total. The topological polar surface area (TPSA) is 119 Å². The molecule has 0 amide bonds. The molecule has 0 saturated heterocycles. The normalized spacial score (nSPS) is 13.3. The Hall–Kier alpha value is -2.77. The van der Waals surface area contributed by atoms with E-state index in [2.05, 4.69) is 103 Å². The van der Waals surface area contributed by atoms with Gasteiger partial charge in [0.1, 0.15) is 6.61 Å². The Bertz CT molecular complexity index is 1140. The average molecular weight is 775 g/mol. The van der Waals surface area contributed by atoms with Gasteiger partial charge in [-0.05, 0) is 96.3 Å². The number of rotatable bonds is 37. The first-order valence-corrected chi connectivity index (χ1v) is 22.4. The van der Waals surface area contributed by atoms with Gasteiger partial charge in [0.15, 0.2) is 6.10 Å². The lowest BCUT2D eigenvalue weighted by atomic mass is 10.1. The molecule has 0 rings (SSSR count). The number of allylic oxidation sites excluding steroid dienone is 14. The molecule has 0 fully saturated rings. The molecule has 9 heteroatoms. The summed E-state index contributed by atoms with van der Waals surface area (Å²) < 4.78 is 26.3. The van der Waals surface area contributed by atoms with Crippen LogP contribution < -0.4 is 0 Å². The fraction of sp³-hybridized carbons (Fsp3) is 0.644. The van der Waals surface area contributed by atoms with Gasteiger partial charge in [0.25, 0.3) is 0 Å². The maximum absolute atomic E-state index is 12.4. The third-order valence-electron chi connectivity index (χ3n) is 8.39. The predicted molar refractivity (Wildman–Crippen MR) is 225 cm³/mol. The molecule has 2 N–H and O–H groups in total. The lowest BCUT2D eigenvalue weighted by Crippen LogP contribution is -2.29. The van der Waals surface area contributed by atoms with E-state index in [1.54, 1.807) is 0 Å². The van der Waals surface area contributed by atoms with Gasteiger partial charge in [-0.15, -0.1) is 0 Å². The van der Waals surface area contributed by atoms with Crippen LogP contribution in [0.15, 0.2) is 85.1 Å². The van der Waals surface area contributed by atoms with Gasteiger partial charge >= 0.3 is 19.8 Å². The van der Waals surface area contributed by atoms with Crippen molar-refractivity contribution in [1.82, 2.24) is 0 Å². The van der Waals surface area contributed by atoms with Gasteiger partial charge in [-0.25, -0.2) is 4.57 Å². The zero-order valence-corrected chi connectivity index (χ0v) is 34.7. The molecule has 0 heterocycles. The molecule has 0 unspecified atom stereocenters. The van der Waals surface area contributed by atoms with E-state index in [0.717, 1.165) is 77.0 Å². The van der Waals surface area contributed by atoms with Gasteiger partial charge in [-0.2, -0.15) is 0 Å². The quantitative estimate of drug-likeness (QED) is 0.0277. The summed E-state index contributed by atoms with van der Waals surface area (Å²) in [6.45, 7) is 3.57. The van der Waals surface area contributed by atoms with Crippen molar-refractivity contribution in [3.8, 4) is 0 Å². The van der Waals surface area contributed by atoms with E-state index in [9.17, 15) is 14.2 Å². The van der Waals surface area contributed by atoms with Gasteiger partial charge in [-0.3, -0.25) is 14.1 Å². The summed E-state index contributed by atoms with van der Waals surface area (Å²) in [4.78, 5) is 42.8. The fourth-order valence-corrected chi connectivity index (χ4v) is 5.60. The minimum absolute atomic E-state index is 0.174. The zero-order chi connectivity index (χ0) is 39.6. The van der Waals surface area contributed by atoms with Crippen molar-refractivity contribution in [1.29, 1.82) is 0 Å². The van der Waals surface area contributed by atoms with Crippen molar-refractivity contribution in [2.24, 2.45) is 0 Å². The Morgan fingerprint density at radius 2 is 0.833 bits per heavy atom. The van der Waals surface area contributed by atoms with Crippen LogP contribution in [0.4, 0.5) is 0 Å². The maximum atomic E-state index is 12.4. The Kier molecular flexibility index (Phi) is 37.9. The number of unbranched alkanes of at least 4 members (excludes halogenated alkanes) is 13. The van der Waals surface area contributed by atoms with Gasteiger partial charge in [0.2, 0.25) is 0 Å². The van der Waals surface area contributed by atoms with Crippen LogP contribution in [0.25, 0.3) is 0 Å². The van der Waals surface area contributed by atoms with Gasteiger partial charge in [0.05, 0.1) is 6.61 Å². The van der Waals surface area contributed by atoms with Crippen LogP contribution in [0, 0.1) is 0 Å². The third kappa shape index (κ3) is 42.0. The maximum Gasteiger partial charge on any atom is 0.469 e. The smallest absolute Gasteiger partial charge is 0.462 e. The first-order chi connectivity index (χ1) is 26.3. The number of phosphoric ester groups is 1. The Morgan fingerprint density at radius 3 is 1.24 bits per heavy atom. The summed E-state index contributed by atoms with van der Waals surface area (Å²) in [5.74, 6) is -0.954.